The number of para-hydroxylation sites is 1. The van der Waals surface area contributed by atoms with Gasteiger partial charge in [-0.1, -0.05) is 49.7 Å². The molecule has 29 heavy (non-hydrogen) atoms. The molecule has 0 saturated carbocycles. The second-order valence-electron chi connectivity index (χ2n) is 6.82. The maximum absolute atomic E-state index is 13.8. The third-order valence-corrected chi connectivity index (χ3v) is 5.59. The first kappa shape index (κ1) is 21.1. The van der Waals surface area contributed by atoms with Gasteiger partial charge in [-0.05, 0) is 47.5 Å². The van der Waals surface area contributed by atoms with E-state index in [9.17, 15) is 13.6 Å². The number of nitrogens with one attached hydrogen (secondary N) is 2. The first-order valence-electron chi connectivity index (χ1n) is 9.68. The second-order valence-corrected chi connectivity index (χ2v) is 7.80. The second kappa shape index (κ2) is 10.3. The van der Waals surface area contributed by atoms with Crippen molar-refractivity contribution in [3.63, 3.8) is 0 Å². The van der Waals surface area contributed by atoms with Crippen LogP contribution in [-0.2, 0) is 11.2 Å². The Morgan fingerprint density at radius 3 is 2.38 bits per heavy atom. The predicted octanol–water partition coefficient (Wildman–Crippen LogP) is 5.69. The van der Waals surface area contributed by atoms with E-state index >= 15 is 0 Å². The van der Waals surface area contributed by atoms with Crippen molar-refractivity contribution in [2.24, 2.45) is 0 Å². The molecule has 0 aliphatic rings. The Morgan fingerprint density at radius 1 is 1.03 bits per heavy atom. The summed E-state index contributed by atoms with van der Waals surface area (Å²) in [6, 6.07) is 15.6. The minimum atomic E-state index is -0.796. The number of hydrogen-bond acceptors (Lipinski definition) is 3. The van der Waals surface area contributed by atoms with E-state index in [2.05, 4.69) is 41.8 Å². The molecule has 0 aliphatic heterocycles. The molecule has 1 amide bonds. The Bertz CT molecular complexity index is 906. The zero-order valence-corrected chi connectivity index (χ0v) is 17.1. The lowest BCUT2D eigenvalue weighted by Crippen LogP contribution is -2.32. The molecule has 152 valence electrons. The number of unbranched alkanes of at least 4 members (excludes halogenated alkanes) is 1. The van der Waals surface area contributed by atoms with E-state index in [-0.39, 0.29) is 12.6 Å². The highest BCUT2D eigenvalue weighted by Gasteiger charge is 2.18. The van der Waals surface area contributed by atoms with Crippen LogP contribution in [0.25, 0.3) is 0 Å². The van der Waals surface area contributed by atoms with Crippen LogP contribution in [0.3, 0.4) is 0 Å². The number of carbonyl (C=O) groups is 1. The molecule has 6 heteroatoms. The Hall–Kier alpha value is -2.57. The normalized spacial score (nSPS) is 12.0. The van der Waals surface area contributed by atoms with E-state index in [1.54, 1.807) is 11.3 Å². The summed E-state index contributed by atoms with van der Waals surface area (Å²) in [7, 11) is 0. The van der Waals surface area contributed by atoms with Gasteiger partial charge in [0, 0.05) is 4.88 Å². The fourth-order valence-corrected chi connectivity index (χ4v) is 3.92. The zero-order chi connectivity index (χ0) is 20.6. The van der Waals surface area contributed by atoms with E-state index in [0.717, 1.165) is 41.8 Å². The first-order valence-corrected chi connectivity index (χ1v) is 10.6. The molecule has 3 aromatic rings. The molecule has 3 rings (SSSR count). The summed E-state index contributed by atoms with van der Waals surface area (Å²) in [5.74, 6) is -2.10. The molecule has 0 fully saturated rings. The Morgan fingerprint density at radius 2 is 1.76 bits per heavy atom. The molecule has 0 spiro atoms. The summed E-state index contributed by atoms with van der Waals surface area (Å²) in [6.07, 6.45) is 3.35. The average Bonchev–Trinajstić information content (AvgIpc) is 3.25. The Balaban J connectivity index is 1.69. The van der Waals surface area contributed by atoms with Crippen LogP contribution in [0.15, 0.2) is 60.0 Å². The maximum atomic E-state index is 13.8. The van der Waals surface area contributed by atoms with Crippen molar-refractivity contribution in [2.75, 3.05) is 11.9 Å². The van der Waals surface area contributed by atoms with Gasteiger partial charge < -0.3 is 5.32 Å². The average molecular weight is 415 g/mol. The predicted molar refractivity (Wildman–Crippen MR) is 114 cm³/mol. The molecule has 0 bridgehead atoms. The third-order valence-electron chi connectivity index (χ3n) is 4.65. The number of hydrogen-bond donors (Lipinski definition) is 2. The number of halogens is 2. The molecule has 2 aromatic carbocycles. The number of carbonyl (C=O) groups excluding carboxylic acids is 1. The van der Waals surface area contributed by atoms with Crippen LogP contribution >= 0.6 is 11.3 Å². The lowest BCUT2D eigenvalue weighted by molar-refractivity contribution is -0.115. The van der Waals surface area contributed by atoms with Gasteiger partial charge in [0.1, 0.15) is 17.3 Å². The van der Waals surface area contributed by atoms with E-state index in [1.807, 2.05) is 17.5 Å². The lowest BCUT2D eigenvalue weighted by atomic mass is 10.0. The largest absolute Gasteiger partial charge is 0.320 e. The molecule has 1 heterocycles. The van der Waals surface area contributed by atoms with E-state index in [4.69, 9.17) is 0 Å². The van der Waals surface area contributed by atoms with Crippen molar-refractivity contribution < 1.29 is 13.6 Å². The Kier molecular flexibility index (Phi) is 7.49. The van der Waals surface area contributed by atoms with Gasteiger partial charge in [-0.3, -0.25) is 10.1 Å². The highest BCUT2D eigenvalue weighted by Crippen LogP contribution is 2.26. The van der Waals surface area contributed by atoms with Gasteiger partial charge in [0.15, 0.2) is 0 Å². The van der Waals surface area contributed by atoms with Gasteiger partial charge >= 0.3 is 0 Å². The highest BCUT2D eigenvalue weighted by molar-refractivity contribution is 7.10. The maximum Gasteiger partial charge on any atom is 0.238 e. The van der Waals surface area contributed by atoms with Gasteiger partial charge in [-0.25, -0.2) is 8.78 Å². The van der Waals surface area contributed by atoms with Crippen LogP contribution in [0.2, 0.25) is 0 Å². The van der Waals surface area contributed by atoms with Gasteiger partial charge in [-0.15, -0.1) is 11.3 Å². The highest BCUT2D eigenvalue weighted by atomic mass is 32.1. The van der Waals surface area contributed by atoms with Crippen LogP contribution in [0.1, 0.15) is 41.8 Å². The fourth-order valence-electron chi connectivity index (χ4n) is 3.09. The number of amides is 1. The molecule has 0 radical (unpaired) electrons. The topological polar surface area (TPSA) is 41.1 Å². The van der Waals surface area contributed by atoms with Crippen LogP contribution in [-0.4, -0.2) is 12.5 Å². The van der Waals surface area contributed by atoms with Crippen LogP contribution in [0.5, 0.6) is 0 Å². The summed E-state index contributed by atoms with van der Waals surface area (Å²) in [5.41, 5.74) is 1.90. The number of rotatable bonds is 9. The molecule has 1 aromatic heterocycles. The van der Waals surface area contributed by atoms with Crippen molar-refractivity contribution in [1.82, 2.24) is 5.32 Å². The van der Waals surface area contributed by atoms with Gasteiger partial charge in [0.25, 0.3) is 0 Å². The van der Waals surface area contributed by atoms with Crippen LogP contribution in [0, 0.1) is 11.6 Å². The fraction of sp³-hybridized carbons (Fsp3) is 0.261. The molecule has 2 N–H and O–H groups in total. The molecule has 1 atom stereocenters. The number of benzene rings is 2. The summed E-state index contributed by atoms with van der Waals surface area (Å²) < 4.78 is 27.5. The number of aryl methyl sites for hydroxylation is 1. The summed E-state index contributed by atoms with van der Waals surface area (Å²) in [5, 5.41) is 7.51. The molecule has 0 unspecified atom stereocenters. The minimum absolute atomic E-state index is 0.0755. The van der Waals surface area contributed by atoms with Gasteiger partial charge in [0.05, 0.1) is 12.6 Å². The van der Waals surface area contributed by atoms with Gasteiger partial charge in [-0.2, -0.15) is 0 Å². The van der Waals surface area contributed by atoms with E-state index < -0.39 is 23.2 Å². The number of anilines is 1. The standard InChI is InChI=1S/C23H24F2N2OS/c1-2-3-6-16-10-12-17(13-11-16)22(20-9-5-14-29-20)26-15-21(28)27-23-18(24)7-4-8-19(23)25/h4-5,7-14,22,26H,2-3,6,15H2,1H3,(H,27,28)/t22-/m0/s1. The van der Waals surface area contributed by atoms with Gasteiger partial charge in [0.2, 0.25) is 5.91 Å². The van der Waals surface area contributed by atoms with Crippen molar-refractivity contribution in [2.45, 2.75) is 32.2 Å². The molecular formula is C23H24F2N2OS. The van der Waals surface area contributed by atoms with Crippen molar-refractivity contribution in [3.8, 4) is 0 Å². The van der Waals surface area contributed by atoms with Crippen LogP contribution in [0.4, 0.5) is 14.5 Å². The van der Waals surface area contributed by atoms with Crippen molar-refractivity contribution in [3.05, 3.63) is 87.6 Å². The van der Waals surface area contributed by atoms with E-state index in [1.165, 1.54) is 11.6 Å². The summed E-state index contributed by atoms with van der Waals surface area (Å²) in [6.45, 7) is 2.09. The Labute approximate surface area is 173 Å². The van der Waals surface area contributed by atoms with Crippen molar-refractivity contribution in [1.29, 1.82) is 0 Å². The molecular weight excluding hydrogens is 390 g/mol. The molecule has 3 nitrogen and oxygen atoms in total. The minimum Gasteiger partial charge on any atom is -0.320 e. The van der Waals surface area contributed by atoms with Crippen LogP contribution < -0.4 is 10.6 Å². The molecule has 0 aliphatic carbocycles. The monoisotopic (exact) mass is 414 g/mol. The summed E-state index contributed by atoms with van der Waals surface area (Å²) in [4.78, 5) is 13.4. The van der Waals surface area contributed by atoms with Crippen molar-refractivity contribution >= 4 is 22.9 Å². The lowest BCUT2D eigenvalue weighted by Gasteiger charge is -2.18. The first-order chi connectivity index (χ1) is 14.1. The third kappa shape index (κ3) is 5.71. The molecule has 0 saturated heterocycles. The quantitative estimate of drug-likeness (QED) is 0.472. The zero-order valence-electron chi connectivity index (χ0n) is 16.3. The number of thiophene rings is 1. The summed E-state index contributed by atoms with van der Waals surface area (Å²) >= 11 is 1.59. The smallest absolute Gasteiger partial charge is 0.238 e. The SMILES string of the molecule is CCCCc1ccc([C@H](NCC(=O)Nc2c(F)cccc2F)c2cccs2)cc1. The van der Waals surface area contributed by atoms with E-state index in [0.29, 0.717) is 0 Å².